The highest BCUT2D eigenvalue weighted by Gasteiger charge is 2.42. The van der Waals surface area contributed by atoms with Crippen LogP contribution in [0.25, 0.3) is 0 Å². The van der Waals surface area contributed by atoms with E-state index in [4.69, 9.17) is 0 Å². The monoisotopic (exact) mass is 247 g/mol. The molecule has 2 heterocycles. The number of fused-ring (bicyclic) bond motifs is 2. The van der Waals surface area contributed by atoms with Crippen LogP contribution in [0.15, 0.2) is 0 Å². The topological polar surface area (TPSA) is 61.4 Å². The molecule has 2 saturated heterocycles. The number of rotatable bonds is 3. The molecule has 0 aromatic carbocycles. The first kappa shape index (κ1) is 12.3. The van der Waals surface area contributed by atoms with Crippen LogP contribution < -0.4 is 10.0 Å². The van der Waals surface area contributed by atoms with Gasteiger partial charge in [-0.05, 0) is 39.7 Å². The molecule has 0 radical (unpaired) electrons. The van der Waals surface area contributed by atoms with Gasteiger partial charge in [0.05, 0.1) is 0 Å². The maximum absolute atomic E-state index is 12.2. The van der Waals surface area contributed by atoms with Crippen LogP contribution in [0.5, 0.6) is 0 Å². The molecule has 0 aromatic rings. The van der Waals surface area contributed by atoms with Gasteiger partial charge in [0.25, 0.3) is 10.2 Å². The van der Waals surface area contributed by atoms with E-state index in [0.29, 0.717) is 0 Å². The van der Waals surface area contributed by atoms with Crippen LogP contribution in [-0.4, -0.2) is 43.9 Å². The fraction of sp³-hybridized carbons (Fsp3) is 1.00. The van der Waals surface area contributed by atoms with Crippen molar-refractivity contribution in [2.75, 3.05) is 13.1 Å². The molecule has 2 aliphatic rings. The molecule has 2 aliphatic heterocycles. The third kappa shape index (κ3) is 2.40. The first-order chi connectivity index (χ1) is 7.50. The van der Waals surface area contributed by atoms with Crippen LogP contribution in [-0.2, 0) is 10.2 Å². The van der Waals surface area contributed by atoms with E-state index >= 15 is 0 Å². The summed E-state index contributed by atoms with van der Waals surface area (Å²) in [5.41, 5.74) is 0. The van der Waals surface area contributed by atoms with Crippen molar-refractivity contribution in [1.29, 1.82) is 0 Å². The average Bonchev–Trinajstić information content (AvgIpc) is 2.37. The van der Waals surface area contributed by atoms with Crippen molar-refractivity contribution in [1.82, 2.24) is 14.3 Å². The van der Waals surface area contributed by atoms with E-state index < -0.39 is 10.2 Å². The third-order valence-electron chi connectivity index (χ3n) is 3.25. The van der Waals surface area contributed by atoms with Gasteiger partial charge in [0.2, 0.25) is 0 Å². The van der Waals surface area contributed by atoms with Gasteiger partial charge in [0, 0.05) is 24.7 Å². The predicted molar refractivity (Wildman–Crippen MR) is 63.3 cm³/mol. The summed E-state index contributed by atoms with van der Waals surface area (Å²) in [6, 6.07) is 0.292. The van der Waals surface area contributed by atoms with Crippen molar-refractivity contribution in [3.8, 4) is 0 Å². The molecule has 0 saturated carbocycles. The highest BCUT2D eigenvalue weighted by molar-refractivity contribution is 7.87. The Labute approximate surface area is 97.8 Å². The van der Waals surface area contributed by atoms with Crippen molar-refractivity contribution in [3.63, 3.8) is 0 Å². The molecule has 2 unspecified atom stereocenters. The van der Waals surface area contributed by atoms with Gasteiger partial charge < -0.3 is 5.32 Å². The number of hydrogen-bond donors (Lipinski definition) is 2. The van der Waals surface area contributed by atoms with Gasteiger partial charge in [-0.3, -0.25) is 0 Å². The van der Waals surface area contributed by atoms with Gasteiger partial charge in [-0.15, -0.1) is 0 Å². The summed E-state index contributed by atoms with van der Waals surface area (Å²) in [4.78, 5) is 0. The fourth-order valence-electron chi connectivity index (χ4n) is 2.69. The molecule has 2 rings (SSSR count). The zero-order chi connectivity index (χ0) is 11.8. The van der Waals surface area contributed by atoms with Gasteiger partial charge in [-0.2, -0.15) is 17.4 Å². The standard InChI is InChI=1S/C10H21N3O2S/c1-8(2)12-16(14,15)13-9-3-4-10(13)7-11-6-5-9/h8-12H,3-7H2,1-2H3. The van der Waals surface area contributed by atoms with Crippen LogP contribution in [0.3, 0.4) is 0 Å². The van der Waals surface area contributed by atoms with Crippen molar-refractivity contribution < 1.29 is 8.42 Å². The van der Waals surface area contributed by atoms with E-state index in [1.165, 1.54) is 0 Å². The van der Waals surface area contributed by atoms with Crippen LogP contribution in [0.4, 0.5) is 0 Å². The molecule has 0 aliphatic carbocycles. The first-order valence-electron chi connectivity index (χ1n) is 6.02. The van der Waals surface area contributed by atoms with Crippen LogP contribution >= 0.6 is 0 Å². The molecule has 94 valence electrons. The Kier molecular flexibility index (Phi) is 3.53. The summed E-state index contributed by atoms with van der Waals surface area (Å²) in [6.07, 6.45) is 2.91. The summed E-state index contributed by atoms with van der Waals surface area (Å²) in [5, 5.41) is 3.30. The summed E-state index contributed by atoms with van der Waals surface area (Å²) in [7, 11) is -3.30. The van der Waals surface area contributed by atoms with Crippen molar-refractivity contribution >= 4 is 10.2 Å². The molecule has 2 N–H and O–H groups in total. The predicted octanol–water partition coefficient (Wildman–Crippen LogP) is 0.0555. The molecule has 5 nitrogen and oxygen atoms in total. The zero-order valence-electron chi connectivity index (χ0n) is 9.94. The molecule has 16 heavy (non-hydrogen) atoms. The second kappa shape index (κ2) is 4.60. The van der Waals surface area contributed by atoms with E-state index in [0.717, 1.165) is 32.4 Å². The Morgan fingerprint density at radius 2 is 1.94 bits per heavy atom. The molecule has 6 heteroatoms. The number of nitrogens with one attached hydrogen (secondary N) is 2. The van der Waals surface area contributed by atoms with Gasteiger partial charge in [-0.1, -0.05) is 0 Å². The van der Waals surface area contributed by atoms with Crippen molar-refractivity contribution in [2.45, 2.75) is 51.2 Å². The fourth-order valence-corrected chi connectivity index (χ4v) is 4.58. The van der Waals surface area contributed by atoms with E-state index in [1.807, 2.05) is 13.8 Å². The van der Waals surface area contributed by atoms with Gasteiger partial charge in [0.15, 0.2) is 0 Å². The van der Waals surface area contributed by atoms with Crippen molar-refractivity contribution in [3.05, 3.63) is 0 Å². The lowest BCUT2D eigenvalue weighted by molar-refractivity contribution is 0.327. The summed E-state index contributed by atoms with van der Waals surface area (Å²) < 4.78 is 28.8. The van der Waals surface area contributed by atoms with Gasteiger partial charge in [0.1, 0.15) is 0 Å². The summed E-state index contributed by atoms with van der Waals surface area (Å²) in [6.45, 7) is 5.43. The Morgan fingerprint density at radius 3 is 2.62 bits per heavy atom. The highest BCUT2D eigenvalue weighted by Crippen LogP contribution is 2.30. The molecule has 2 bridgehead atoms. The molecular formula is C10H21N3O2S. The van der Waals surface area contributed by atoms with Crippen LogP contribution in [0.1, 0.15) is 33.1 Å². The lowest BCUT2D eigenvalue weighted by Gasteiger charge is -2.27. The van der Waals surface area contributed by atoms with Gasteiger partial charge >= 0.3 is 0 Å². The van der Waals surface area contributed by atoms with Crippen LogP contribution in [0.2, 0.25) is 0 Å². The molecule has 0 amide bonds. The second-order valence-electron chi connectivity index (χ2n) is 4.99. The average molecular weight is 247 g/mol. The minimum atomic E-state index is -3.30. The van der Waals surface area contributed by atoms with E-state index in [1.54, 1.807) is 4.31 Å². The summed E-state index contributed by atoms with van der Waals surface area (Å²) >= 11 is 0. The largest absolute Gasteiger partial charge is 0.315 e. The number of hydrogen-bond acceptors (Lipinski definition) is 3. The molecular weight excluding hydrogens is 226 g/mol. The SMILES string of the molecule is CC(C)NS(=O)(=O)N1C2CCNCC1CC2. The zero-order valence-corrected chi connectivity index (χ0v) is 10.8. The Bertz CT molecular complexity index is 328. The van der Waals surface area contributed by atoms with E-state index in [2.05, 4.69) is 10.0 Å². The minimum Gasteiger partial charge on any atom is -0.315 e. The third-order valence-corrected chi connectivity index (χ3v) is 5.17. The van der Waals surface area contributed by atoms with E-state index in [9.17, 15) is 8.42 Å². The Hall–Kier alpha value is -0.170. The smallest absolute Gasteiger partial charge is 0.280 e. The first-order valence-corrected chi connectivity index (χ1v) is 7.46. The van der Waals surface area contributed by atoms with E-state index in [-0.39, 0.29) is 18.1 Å². The highest BCUT2D eigenvalue weighted by atomic mass is 32.2. The summed E-state index contributed by atoms with van der Waals surface area (Å²) in [5.74, 6) is 0. The quantitative estimate of drug-likeness (QED) is 0.741. The van der Waals surface area contributed by atoms with Crippen molar-refractivity contribution in [2.24, 2.45) is 0 Å². The molecule has 2 atom stereocenters. The molecule has 0 aromatic heterocycles. The lowest BCUT2D eigenvalue weighted by Crippen LogP contribution is -2.49. The van der Waals surface area contributed by atoms with Gasteiger partial charge in [-0.25, -0.2) is 0 Å². The Balaban J connectivity index is 2.19. The normalized spacial score (nSPS) is 31.9. The lowest BCUT2D eigenvalue weighted by atomic mass is 10.1. The Morgan fingerprint density at radius 1 is 1.25 bits per heavy atom. The molecule has 2 fully saturated rings. The maximum atomic E-state index is 12.2. The minimum absolute atomic E-state index is 0.0411. The second-order valence-corrected chi connectivity index (χ2v) is 6.59. The van der Waals surface area contributed by atoms with Crippen LogP contribution in [0, 0.1) is 0 Å². The maximum Gasteiger partial charge on any atom is 0.280 e. The number of nitrogens with zero attached hydrogens (tertiary/aromatic N) is 1. The molecule has 0 spiro atoms.